The van der Waals surface area contributed by atoms with Gasteiger partial charge in [-0.05, 0) is 73.9 Å². The molecule has 3 nitrogen and oxygen atoms in total. The number of nitrogens with one attached hydrogen (secondary N) is 1. The van der Waals surface area contributed by atoms with Crippen LogP contribution in [0.25, 0.3) is 0 Å². The number of carbonyl (C=O) groups excluding carboxylic acids is 1. The summed E-state index contributed by atoms with van der Waals surface area (Å²) in [5.74, 6) is 0.740. The Kier molecular flexibility index (Phi) is 5.19. The van der Waals surface area contributed by atoms with E-state index in [0.717, 1.165) is 30.7 Å². The molecule has 24 heavy (non-hydrogen) atoms. The zero-order valence-corrected chi connectivity index (χ0v) is 14.5. The minimum atomic E-state index is -0.524. The Morgan fingerprint density at radius 2 is 1.88 bits per heavy atom. The van der Waals surface area contributed by atoms with Gasteiger partial charge in [0.2, 0.25) is 0 Å². The van der Waals surface area contributed by atoms with Gasteiger partial charge in [-0.1, -0.05) is 31.2 Å². The minimum Gasteiger partial charge on any atom is -0.481 e. The maximum absolute atomic E-state index is 12.4. The number of rotatable bonds is 5. The Balaban J connectivity index is 1.66. The predicted octanol–water partition coefficient (Wildman–Crippen LogP) is 4.53. The van der Waals surface area contributed by atoms with Gasteiger partial charge in [-0.15, -0.1) is 0 Å². The third-order valence-electron chi connectivity index (χ3n) is 4.66. The van der Waals surface area contributed by atoms with Gasteiger partial charge in [-0.25, -0.2) is 0 Å². The Morgan fingerprint density at radius 1 is 1.12 bits per heavy atom. The summed E-state index contributed by atoms with van der Waals surface area (Å²) >= 11 is 0. The van der Waals surface area contributed by atoms with Gasteiger partial charge in [0.05, 0.1) is 0 Å². The number of fused-ring (bicyclic) bond motifs is 1. The number of benzene rings is 2. The van der Waals surface area contributed by atoms with E-state index in [9.17, 15) is 4.79 Å². The maximum Gasteiger partial charge on any atom is 0.265 e. The molecule has 2 aromatic carbocycles. The van der Waals surface area contributed by atoms with Crippen LogP contribution < -0.4 is 10.1 Å². The van der Waals surface area contributed by atoms with Crippen molar-refractivity contribution in [1.29, 1.82) is 0 Å². The van der Waals surface area contributed by atoms with Crippen molar-refractivity contribution in [1.82, 2.24) is 0 Å². The second-order valence-electron chi connectivity index (χ2n) is 6.40. The number of hydrogen-bond donors (Lipinski definition) is 1. The second-order valence-corrected chi connectivity index (χ2v) is 6.40. The maximum atomic E-state index is 12.4. The van der Waals surface area contributed by atoms with E-state index in [1.807, 2.05) is 36.4 Å². The largest absolute Gasteiger partial charge is 0.481 e. The average Bonchev–Trinajstić information content (AvgIpc) is 2.62. The van der Waals surface area contributed by atoms with Crippen LogP contribution >= 0.6 is 0 Å². The van der Waals surface area contributed by atoms with Crippen molar-refractivity contribution in [3.63, 3.8) is 0 Å². The van der Waals surface area contributed by atoms with Crippen LogP contribution in [-0.2, 0) is 24.1 Å². The predicted molar refractivity (Wildman–Crippen MR) is 97.6 cm³/mol. The molecule has 3 rings (SSSR count). The fourth-order valence-corrected chi connectivity index (χ4v) is 3.17. The minimum absolute atomic E-state index is 0.118. The zero-order valence-electron chi connectivity index (χ0n) is 14.5. The molecule has 1 N–H and O–H groups in total. The van der Waals surface area contributed by atoms with E-state index in [4.69, 9.17) is 4.74 Å². The summed E-state index contributed by atoms with van der Waals surface area (Å²) in [7, 11) is 0. The smallest absolute Gasteiger partial charge is 0.265 e. The lowest BCUT2D eigenvalue weighted by atomic mass is 9.91. The summed E-state index contributed by atoms with van der Waals surface area (Å²) in [6.07, 6.45) is 5.05. The van der Waals surface area contributed by atoms with Gasteiger partial charge in [0.1, 0.15) is 5.75 Å². The highest BCUT2D eigenvalue weighted by Gasteiger charge is 2.19. The molecule has 0 radical (unpaired) electrons. The Bertz CT molecular complexity index is 706. The SMILES string of the molecule is CCc1ccc(NC(=O)[C@H](C)Oc2cccc3c2CCCC3)cc1. The lowest BCUT2D eigenvalue weighted by Crippen LogP contribution is -2.30. The third-order valence-corrected chi connectivity index (χ3v) is 4.66. The van der Waals surface area contributed by atoms with E-state index in [-0.39, 0.29) is 5.91 Å². The highest BCUT2D eigenvalue weighted by atomic mass is 16.5. The molecule has 0 saturated heterocycles. The number of anilines is 1. The average molecular weight is 323 g/mol. The lowest BCUT2D eigenvalue weighted by Gasteiger charge is -2.22. The summed E-state index contributed by atoms with van der Waals surface area (Å²) in [5.41, 5.74) is 4.70. The van der Waals surface area contributed by atoms with Gasteiger partial charge in [0.15, 0.2) is 6.10 Å². The topological polar surface area (TPSA) is 38.3 Å². The van der Waals surface area contributed by atoms with Crippen molar-refractivity contribution in [2.24, 2.45) is 0 Å². The van der Waals surface area contributed by atoms with Crippen molar-refractivity contribution in [3.8, 4) is 5.75 Å². The van der Waals surface area contributed by atoms with Crippen LogP contribution in [0.2, 0.25) is 0 Å². The first-order chi connectivity index (χ1) is 11.7. The van der Waals surface area contributed by atoms with E-state index >= 15 is 0 Å². The summed E-state index contributed by atoms with van der Waals surface area (Å²) in [5, 5.41) is 2.93. The van der Waals surface area contributed by atoms with Crippen molar-refractivity contribution >= 4 is 11.6 Å². The molecule has 1 atom stereocenters. The first kappa shape index (κ1) is 16.6. The van der Waals surface area contributed by atoms with Crippen molar-refractivity contribution in [2.75, 3.05) is 5.32 Å². The molecule has 0 fully saturated rings. The molecule has 2 aromatic rings. The normalized spacial score (nSPS) is 14.6. The molecule has 0 aliphatic heterocycles. The summed E-state index contributed by atoms with van der Waals surface area (Å²) in [6, 6.07) is 14.1. The van der Waals surface area contributed by atoms with E-state index in [0.29, 0.717) is 0 Å². The molecule has 0 unspecified atom stereocenters. The number of carbonyl (C=O) groups is 1. The van der Waals surface area contributed by atoms with Crippen molar-refractivity contribution in [2.45, 2.75) is 52.1 Å². The second kappa shape index (κ2) is 7.52. The van der Waals surface area contributed by atoms with Crippen LogP contribution in [0.3, 0.4) is 0 Å². The number of amides is 1. The molecule has 1 aliphatic rings. The van der Waals surface area contributed by atoms with E-state index in [2.05, 4.69) is 18.3 Å². The molecule has 0 heterocycles. The molecule has 126 valence electrons. The third kappa shape index (κ3) is 3.78. The summed E-state index contributed by atoms with van der Waals surface area (Å²) in [4.78, 5) is 12.4. The summed E-state index contributed by atoms with van der Waals surface area (Å²) < 4.78 is 5.98. The molecule has 0 saturated carbocycles. The highest BCUT2D eigenvalue weighted by Crippen LogP contribution is 2.30. The van der Waals surface area contributed by atoms with Gasteiger partial charge >= 0.3 is 0 Å². The van der Waals surface area contributed by atoms with Gasteiger partial charge in [0.25, 0.3) is 5.91 Å². The van der Waals surface area contributed by atoms with Crippen molar-refractivity contribution < 1.29 is 9.53 Å². The first-order valence-electron chi connectivity index (χ1n) is 8.84. The highest BCUT2D eigenvalue weighted by molar-refractivity contribution is 5.94. The molecule has 0 aromatic heterocycles. The van der Waals surface area contributed by atoms with Gasteiger partial charge < -0.3 is 10.1 Å². The molecule has 0 spiro atoms. The van der Waals surface area contributed by atoms with Crippen molar-refractivity contribution in [3.05, 3.63) is 59.2 Å². The molecule has 1 aliphatic carbocycles. The number of hydrogen-bond acceptors (Lipinski definition) is 2. The fraction of sp³-hybridized carbons (Fsp3) is 0.381. The van der Waals surface area contributed by atoms with Gasteiger partial charge in [0, 0.05) is 5.69 Å². The monoisotopic (exact) mass is 323 g/mol. The number of aryl methyl sites for hydroxylation is 2. The quantitative estimate of drug-likeness (QED) is 0.877. The van der Waals surface area contributed by atoms with E-state index in [1.165, 1.54) is 29.5 Å². The molecule has 3 heteroatoms. The van der Waals surface area contributed by atoms with Crippen LogP contribution in [0.15, 0.2) is 42.5 Å². The van der Waals surface area contributed by atoms with Crippen LogP contribution in [0, 0.1) is 0 Å². The molecule has 1 amide bonds. The first-order valence-corrected chi connectivity index (χ1v) is 8.84. The van der Waals surface area contributed by atoms with E-state index < -0.39 is 6.10 Å². The fourth-order valence-electron chi connectivity index (χ4n) is 3.17. The molecular weight excluding hydrogens is 298 g/mol. The Labute approximate surface area is 144 Å². The van der Waals surface area contributed by atoms with Crippen LogP contribution in [0.5, 0.6) is 5.75 Å². The van der Waals surface area contributed by atoms with Gasteiger partial charge in [-0.3, -0.25) is 4.79 Å². The summed E-state index contributed by atoms with van der Waals surface area (Å²) in [6.45, 7) is 3.92. The van der Waals surface area contributed by atoms with Crippen LogP contribution in [0.4, 0.5) is 5.69 Å². The van der Waals surface area contributed by atoms with Gasteiger partial charge in [-0.2, -0.15) is 0 Å². The molecule has 0 bridgehead atoms. The zero-order chi connectivity index (χ0) is 16.9. The lowest BCUT2D eigenvalue weighted by molar-refractivity contribution is -0.122. The standard InChI is InChI=1S/C21H25NO2/c1-3-16-11-13-18(14-12-16)22-21(23)15(2)24-20-10-6-8-17-7-4-5-9-19(17)20/h6,8,10-15H,3-5,7,9H2,1-2H3,(H,22,23)/t15-/m0/s1. The van der Waals surface area contributed by atoms with Crippen LogP contribution in [-0.4, -0.2) is 12.0 Å². The Hall–Kier alpha value is -2.29. The van der Waals surface area contributed by atoms with Crippen LogP contribution in [0.1, 0.15) is 43.4 Å². The molecular formula is C21H25NO2. The van der Waals surface area contributed by atoms with E-state index in [1.54, 1.807) is 6.92 Å². The Morgan fingerprint density at radius 3 is 2.62 bits per heavy atom. The number of ether oxygens (including phenoxy) is 1.